The van der Waals surface area contributed by atoms with E-state index in [-0.39, 0.29) is 5.92 Å². The molecule has 140 valence electrons. The predicted molar refractivity (Wildman–Crippen MR) is 105 cm³/mol. The van der Waals surface area contributed by atoms with Crippen LogP contribution in [0.25, 0.3) is 21.9 Å². The summed E-state index contributed by atoms with van der Waals surface area (Å²) in [5, 5.41) is 15.1. The number of aromatic nitrogens is 3. The number of hydrogen-bond donors (Lipinski definition) is 2. The number of nitrogens with one attached hydrogen (secondary N) is 1. The van der Waals surface area contributed by atoms with Gasteiger partial charge in [-0.2, -0.15) is 0 Å². The summed E-state index contributed by atoms with van der Waals surface area (Å²) in [5.74, 6) is 0.147. The second-order valence-electron chi connectivity index (χ2n) is 8.36. The lowest BCUT2D eigenvalue weighted by Crippen LogP contribution is -2.47. The molecule has 0 amide bonds. The molecule has 0 bridgehead atoms. The van der Waals surface area contributed by atoms with Crippen molar-refractivity contribution in [3.63, 3.8) is 0 Å². The summed E-state index contributed by atoms with van der Waals surface area (Å²) in [5.41, 5.74) is 2.45. The number of carbonyl (C=O) groups is 1. The molecule has 2 aliphatic rings. The lowest BCUT2D eigenvalue weighted by molar-refractivity contribution is -0.144. The van der Waals surface area contributed by atoms with Crippen LogP contribution in [-0.4, -0.2) is 31.7 Å². The number of nitrogens with zero attached hydrogens (tertiary/aromatic N) is 3. The van der Waals surface area contributed by atoms with Gasteiger partial charge in [-0.1, -0.05) is 18.2 Å². The maximum absolute atomic E-state index is 11.2. The number of hydrogen-bond acceptors (Lipinski definition) is 4. The highest BCUT2D eigenvalue weighted by molar-refractivity contribution is 6.11. The van der Waals surface area contributed by atoms with E-state index in [1.165, 1.54) is 5.39 Å². The van der Waals surface area contributed by atoms with Crippen LogP contribution in [0.2, 0.25) is 0 Å². The quantitative estimate of drug-likeness (QED) is 0.735. The second-order valence-corrected chi connectivity index (χ2v) is 8.36. The zero-order valence-electron chi connectivity index (χ0n) is 15.5. The molecule has 1 spiro atoms. The maximum atomic E-state index is 11.2. The first kappa shape index (κ1) is 16.5. The highest BCUT2D eigenvalue weighted by Gasteiger charge is 2.47. The smallest absolute Gasteiger partial charge is 0.306 e. The fourth-order valence-corrected chi connectivity index (χ4v) is 5.25. The van der Waals surface area contributed by atoms with Crippen LogP contribution < -0.4 is 5.32 Å². The second kappa shape index (κ2) is 5.94. The van der Waals surface area contributed by atoms with Gasteiger partial charge in [0.15, 0.2) is 0 Å². The van der Waals surface area contributed by atoms with Crippen LogP contribution in [0, 0.1) is 11.3 Å². The molecule has 2 heterocycles. The Bertz CT molecular complexity index is 1030. The van der Waals surface area contributed by atoms with Crippen molar-refractivity contribution in [2.75, 3.05) is 5.32 Å². The fraction of sp³-hybridized carbons (Fsp3) is 0.476. The topological polar surface area (TPSA) is 80.0 Å². The van der Waals surface area contributed by atoms with Crippen molar-refractivity contribution in [3.05, 3.63) is 30.6 Å². The number of fused-ring (bicyclic) bond motifs is 3. The maximum Gasteiger partial charge on any atom is 0.306 e. The van der Waals surface area contributed by atoms with Gasteiger partial charge < -0.3 is 15.0 Å². The average molecular weight is 364 g/mol. The number of anilines is 1. The Labute approximate surface area is 157 Å². The van der Waals surface area contributed by atoms with Crippen molar-refractivity contribution in [3.8, 4) is 0 Å². The predicted octanol–water partition coefficient (Wildman–Crippen LogP) is 3.96. The first-order chi connectivity index (χ1) is 13.1. The van der Waals surface area contributed by atoms with Crippen LogP contribution >= 0.6 is 0 Å². The minimum absolute atomic E-state index is 0.139. The first-order valence-corrected chi connectivity index (χ1v) is 9.74. The monoisotopic (exact) mass is 364 g/mol. The number of benzene rings is 1. The molecule has 2 fully saturated rings. The van der Waals surface area contributed by atoms with Gasteiger partial charge in [-0.15, -0.1) is 0 Å². The number of rotatable bonds is 3. The molecule has 3 aromatic rings. The van der Waals surface area contributed by atoms with Crippen molar-refractivity contribution < 1.29 is 9.90 Å². The molecule has 1 aromatic carbocycles. The van der Waals surface area contributed by atoms with Crippen molar-refractivity contribution in [1.82, 2.24) is 14.5 Å². The highest BCUT2D eigenvalue weighted by Crippen LogP contribution is 2.53. The third kappa shape index (κ3) is 2.58. The van der Waals surface area contributed by atoms with Gasteiger partial charge in [-0.3, -0.25) is 4.79 Å². The molecular formula is C21H24N4O2. The van der Waals surface area contributed by atoms with Crippen molar-refractivity contribution in [2.45, 2.75) is 44.6 Å². The summed E-state index contributed by atoms with van der Waals surface area (Å²) in [4.78, 5) is 20.2. The van der Waals surface area contributed by atoms with E-state index in [1.54, 1.807) is 6.33 Å². The summed E-state index contributed by atoms with van der Waals surface area (Å²) < 4.78 is 2.12. The molecule has 27 heavy (non-hydrogen) atoms. The summed E-state index contributed by atoms with van der Waals surface area (Å²) in [7, 11) is 2.04. The molecule has 5 rings (SSSR count). The average Bonchev–Trinajstić information content (AvgIpc) is 2.95. The van der Waals surface area contributed by atoms with Crippen molar-refractivity contribution in [1.29, 1.82) is 0 Å². The molecule has 0 saturated heterocycles. The zero-order chi connectivity index (χ0) is 18.6. The summed E-state index contributed by atoms with van der Waals surface area (Å²) in [6.45, 7) is 0. The standard InChI is InChI=1S/C21H24N4O2/c1-25-16-5-3-2-4-15(16)17-18(22-12-23-19(17)25)24-14-10-21(11-14)8-6-13(7-9-21)20(26)27/h2-5,12-14H,6-11H2,1H3,(H,26,27)(H,22,23,24). The fourth-order valence-electron chi connectivity index (χ4n) is 5.25. The number of carboxylic acids is 1. The van der Waals surface area contributed by atoms with Gasteiger partial charge in [0.25, 0.3) is 0 Å². The van der Waals surface area contributed by atoms with Crippen LogP contribution in [0.5, 0.6) is 0 Å². The van der Waals surface area contributed by atoms with E-state index in [2.05, 4.69) is 38.1 Å². The van der Waals surface area contributed by atoms with Gasteiger partial charge >= 0.3 is 5.97 Å². The minimum Gasteiger partial charge on any atom is -0.481 e. The minimum atomic E-state index is -0.627. The molecule has 6 heteroatoms. The summed E-state index contributed by atoms with van der Waals surface area (Å²) in [6.07, 6.45) is 7.57. The molecule has 0 atom stereocenters. The van der Waals surface area contributed by atoms with Crippen LogP contribution in [0.15, 0.2) is 30.6 Å². The number of carboxylic acid groups (broad SMARTS) is 1. The molecular weight excluding hydrogens is 340 g/mol. The number of aliphatic carboxylic acids is 1. The summed E-state index contributed by atoms with van der Waals surface area (Å²) in [6, 6.07) is 8.74. The van der Waals surface area contributed by atoms with Gasteiger partial charge in [0.2, 0.25) is 0 Å². The van der Waals surface area contributed by atoms with Gasteiger partial charge in [0, 0.05) is 18.5 Å². The van der Waals surface area contributed by atoms with E-state index in [0.717, 1.165) is 60.9 Å². The molecule has 0 radical (unpaired) electrons. The third-order valence-electron chi connectivity index (χ3n) is 6.77. The van der Waals surface area contributed by atoms with Gasteiger partial charge in [-0.05, 0) is 50.0 Å². The Balaban J connectivity index is 1.37. The normalized spacial score (nSPS) is 27.7. The van der Waals surface area contributed by atoms with Gasteiger partial charge in [0.1, 0.15) is 17.8 Å². The Kier molecular flexibility index (Phi) is 3.64. The van der Waals surface area contributed by atoms with Crippen LogP contribution in [0.1, 0.15) is 38.5 Å². The Morgan fingerprint density at radius 2 is 1.96 bits per heavy atom. The van der Waals surface area contributed by atoms with E-state index in [9.17, 15) is 9.90 Å². The summed E-state index contributed by atoms with van der Waals surface area (Å²) >= 11 is 0. The Morgan fingerprint density at radius 1 is 1.22 bits per heavy atom. The van der Waals surface area contributed by atoms with Crippen LogP contribution in [-0.2, 0) is 11.8 Å². The molecule has 6 nitrogen and oxygen atoms in total. The van der Waals surface area contributed by atoms with Crippen LogP contribution in [0.3, 0.4) is 0 Å². The van der Waals surface area contributed by atoms with E-state index >= 15 is 0 Å². The number of aryl methyl sites for hydroxylation is 1. The van der Waals surface area contributed by atoms with Crippen LogP contribution in [0.4, 0.5) is 5.82 Å². The van der Waals surface area contributed by atoms with E-state index in [0.29, 0.717) is 11.5 Å². The van der Waals surface area contributed by atoms with Gasteiger partial charge in [-0.25, -0.2) is 9.97 Å². The molecule has 2 saturated carbocycles. The largest absolute Gasteiger partial charge is 0.481 e. The molecule has 2 N–H and O–H groups in total. The molecule has 0 unspecified atom stereocenters. The SMILES string of the molecule is Cn1c2ccccc2c2c(NC3CC4(CCC(C(=O)O)CC4)C3)ncnc21. The molecule has 0 aliphatic heterocycles. The lowest BCUT2D eigenvalue weighted by atomic mass is 9.57. The van der Waals surface area contributed by atoms with Crippen molar-refractivity contribution in [2.24, 2.45) is 18.4 Å². The van der Waals surface area contributed by atoms with Gasteiger partial charge in [0.05, 0.1) is 16.8 Å². The third-order valence-corrected chi connectivity index (χ3v) is 6.77. The van der Waals surface area contributed by atoms with E-state index in [4.69, 9.17) is 0 Å². The van der Waals surface area contributed by atoms with Crippen molar-refractivity contribution >= 4 is 33.7 Å². The highest BCUT2D eigenvalue weighted by atomic mass is 16.4. The van der Waals surface area contributed by atoms with E-state index < -0.39 is 5.97 Å². The molecule has 2 aliphatic carbocycles. The van der Waals surface area contributed by atoms with E-state index in [1.807, 2.05) is 13.1 Å². The Hall–Kier alpha value is -2.63. The first-order valence-electron chi connectivity index (χ1n) is 9.74. The molecule has 2 aromatic heterocycles. The zero-order valence-corrected chi connectivity index (χ0v) is 15.5. The lowest BCUT2D eigenvalue weighted by Gasteiger charge is -2.51. The Morgan fingerprint density at radius 3 is 2.70 bits per heavy atom. The number of para-hydroxylation sites is 1.